The van der Waals surface area contributed by atoms with Gasteiger partial charge in [-0.15, -0.1) is 0 Å². The Bertz CT molecular complexity index is 1450. The Morgan fingerprint density at radius 1 is 1.18 bits per heavy atom. The molecule has 3 heterocycles. The summed E-state index contributed by atoms with van der Waals surface area (Å²) >= 11 is 6.53. The number of likely N-dealkylation sites (tertiary alicyclic amines) is 1. The van der Waals surface area contributed by atoms with Crippen molar-refractivity contribution in [2.24, 2.45) is 0 Å². The van der Waals surface area contributed by atoms with Crippen LogP contribution < -0.4 is 10.2 Å². The minimum Gasteiger partial charge on any atom is -0.386 e. The second-order valence-corrected chi connectivity index (χ2v) is 11.8. The van der Waals surface area contributed by atoms with Gasteiger partial charge in [0.15, 0.2) is 15.5 Å². The van der Waals surface area contributed by atoms with Gasteiger partial charge in [-0.3, -0.25) is 9.78 Å². The summed E-state index contributed by atoms with van der Waals surface area (Å²) < 4.78 is 77.7. The van der Waals surface area contributed by atoms with Crippen LogP contribution in [0, 0.1) is 11.2 Å². The Hall–Kier alpha value is -3.26. The highest BCUT2D eigenvalue weighted by Crippen LogP contribution is 2.35. The van der Waals surface area contributed by atoms with Crippen LogP contribution in [0.5, 0.6) is 0 Å². The number of alkyl halides is 3. The standard InChI is InChI=1S/C24H25ClF4N6O3S/c1-13-21(30)15(22(31-2)17-11-32-12-19(33-17)24(27,28)29)3-4-35(13)23(36)16-9-14(26)10-18(20(16)25)34-5-7-39(37,38)8-6-34/h9-13,30-31H,3-8H2,1-2H3/b22-15-,30-21?/t13-/m0/s1. The highest BCUT2D eigenvalue weighted by atomic mass is 35.5. The molecule has 0 radical (unpaired) electrons. The fourth-order valence-electron chi connectivity index (χ4n) is 4.63. The Balaban J connectivity index is 1.63. The van der Waals surface area contributed by atoms with Crippen molar-refractivity contribution in [1.82, 2.24) is 20.2 Å². The van der Waals surface area contributed by atoms with Crippen LogP contribution in [-0.4, -0.2) is 79.1 Å². The van der Waals surface area contributed by atoms with Gasteiger partial charge in [0.05, 0.1) is 57.6 Å². The second-order valence-electron chi connectivity index (χ2n) is 9.15. The van der Waals surface area contributed by atoms with Gasteiger partial charge in [0.1, 0.15) is 11.5 Å². The van der Waals surface area contributed by atoms with Crippen LogP contribution in [0.4, 0.5) is 23.2 Å². The normalized spacial score (nSPS) is 21.1. The molecule has 1 amide bonds. The van der Waals surface area contributed by atoms with Crippen molar-refractivity contribution in [2.75, 3.05) is 43.1 Å². The predicted molar refractivity (Wildman–Crippen MR) is 138 cm³/mol. The van der Waals surface area contributed by atoms with Gasteiger partial charge in [-0.2, -0.15) is 13.2 Å². The molecule has 2 aliphatic rings. The number of piperidine rings is 1. The van der Waals surface area contributed by atoms with Crippen molar-refractivity contribution in [1.29, 1.82) is 5.41 Å². The van der Waals surface area contributed by atoms with Gasteiger partial charge in [0, 0.05) is 32.3 Å². The Kier molecular flexibility index (Phi) is 7.90. The van der Waals surface area contributed by atoms with Crippen molar-refractivity contribution in [3.63, 3.8) is 0 Å². The van der Waals surface area contributed by atoms with E-state index in [4.69, 9.17) is 17.0 Å². The second kappa shape index (κ2) is 10.7. The van der Waals surface area contributed by atoms with Crippen LogP contribution in [0.2, 0.25) is 5.02 Å². The number of sulfone groups is 1. The molecule has 9 nitrogen and oxygen atoms in total. The van der Waals surface area contributed by atoms with Crippen molar-refractivity contribution in [2.45, 2.75) is 25.6 Å². The zero-order valence-corrected chi connectivity index (χ0v) is 22.5. The summed E-state index contributed by atoms with van der Waals surface area (Å²) in [6, 6.07) is 1.31. The van der Waals surface area contributed by atoms with E-state index in [1.165, 1.54) is 11.9 Å². The van der Waals surface area contributed by atoms with E-state index in [-0.39, 0.29) is 70.9 Å². The number of anilines is 1. The molecule has 0 spiro atoms. The number of halogens is 5. The summed E-state index contributed by atoms with van der Waals surface area (Å²) in [5.41, 5.74) is -0.691. The molecule has 2 aromatic rings. The maximum atomic E-state index is 14.6. The lowest BCUT2D eigenvalue weighted by molar-refractivity contribution is -0.141. The molecule has 4 rings (SSSR count). The molecule has 15 heteroatoms. The number of aromatic nitrogens is 2. The van der Waals surface area contributed by atoms with Gasteiger partial charge in [-0.25, -0.2) is 17.8 Å². The van der Waals surface area contributed by atoms with Crippen molar-refractivity contribution >= 4 is 44.4 Å². The number of carbonyl (C=O) groups excluding carboxylic acids is 1. The summed E-state index contributed by atoms with van der Waals surface area (Å²) in [5, 5.41) is 11.5. The van der Waals surface area contributed by atoms with E-state index in [2.05, 4.69) is 15.3 Å². The van der Waals surface area contributed by atoms with Crippen LogP contribution in [0.25, 0.3) is 5.70 Å². The lowest BCUT2D eigenvalue weighted by atomic mass is 9.91. The smallest absolute Gasteiger partial charge is 0.386 e. The Morgan fingerprint density at radius 2 is 1.85 bits per heavy atom. The fraction of sp³-hybridized carbons (Fsp3) is 0.417. The monoisotopic (exact) mass is 588 g/mol. The number of benzene rings is 1. The fourth-order valence-corrected chi connectivity index (χ4v) is 6.14. The molecule has 0 bridgehead atoms. The zero-order valence-electron chi connectivity index (χ0n) is 20.9. The maximum Gasteiger partial charge on any atom is 0.434 e. The average Bonchev–Trinajstić information content (AvgIpc) is 2.87. The van der Waals surface area contributed by atoms with Crippen LogP contribution in [0.1, 0.15) is 35.1 Å². The third-order valence-electron chi connectivity index (χ3n) is 6.74. The third kappa shape index (κ3) is 5.86. The van der Waals surface area contributed by atoms with E-state index in [0.717, 1.165) is 18.3 Å². The number of amides is 1. The lowest BCUT2D eigenvalue weighted by Gasteiger charge is -2.37. The molecule has 0 aliphatic carbocycles. The molecule has 2 N–H and O–H groups in total. The molecule has 2 aliphatic heterocycles. The number of hydrogen-bond acceptors (Lipinski definition) is 8. The quantitative estimate of drug-likeness (QED) is 0.525. The highest BCUT2D eigenvalue weighted by molar-refractivity contribution is 7.91. The molecule has 1 aromatic heterocycles. The third-order valence-corrected chi connectivity index (χ3v) is 8.75. The van der Waals surface area contributed by atoms with Gasteiger partial charge in [0.2, 0.25) is 0 Å². The first kappa shape index (κ1) is 28.7. The minimum atomic E-state index is -4.70. The number of hydrogen-bond donors (Lipinski definition) is 2. The van der Waals surface area contributed by atoms with Gasteiger partial charge in [0.25, 0.3) is 5.91 Å². The Morgan fingerprint density at radius 3 is 2.46 bits per heavy atom. The molecule has 39 heavy (non-hydrogen) atoms. The molecule has 2 fully saturated rings. The number of nitrogens with one attached hydrogen (secondary N) is 2. The number of nitrogens with zero attached hydrogens (tertiary/aromatic N) is 4. The molecular formula is C24H25ClF4N6O3S. The van der Waals surface area contributed by atoms with Crippen molar-refractivity contribution in [3.8, 4) is 0 Å². The van der Waals surface area contributed by atoms with Crippen LogP contribution >= 0.6 is 11.6 Å². The molecule has 0 unspecified atom stereocenters. The topological polar surface area (TPSA) is 119 Å². The molecule has 2 saturated heterocycles. The van der Waals surface area contributed by atoms with Crippen LogP contribution in [0.15, 0.2) is 30.1 Å². The van der Waals surface area contributed by atoms with Crippen molar-refractivity contribution < 1.29 is 30.8 Å². The molecule has 0 saturated carbocycles. The van der Waals surface area contributed by atoms with Gasteiger partial charge in [-0.05, 0) is 25.5 Å². The molecule has 1 atom stereocenters. The minimum absolute atomic E-state index is 0.0316. The first-order valence-electron chi connectivity index (χ1n) is 11.9. The van der Waals surface area contributed by atoms with Crippen LogP contribution in [-0.2, 0) is 16.0 Å². The number of rotatable bonds is 4. The maximum absolute atomic E-state index is 14.6. The summed E-state index contributed by atoms with van der Waals surface area (Å²) in [5.74, 6) is -1.61. The van der Waals surface area contributed by atoms with Gasteiger partial charge in [-0.1, -0.05) is 11.6 Å². The van der Waals surface area contributed by atoms with E-state index in [0.29, 0.717) is 11.8 Å². The van der Waals surface area contributed by atoms with E-state index in [1.807, 2.05) is 0 Å². The summed E-state index contributed by atoms with van der Waals surface area (Å²) in [4.78, 5) is 23.8. The van der Waals surface area contributed by atoms with E-state index in [9.17, 15) is 30.8 Å². The van der Waals surface area contributed by atoms with Crippen LogP contribution in [0.3, 0.4) is 0 Å². The zero-order chi connectivity index (χ0) is 28.7. The summed E-state index contributed by atoms with van der Waals surface area (Å²) in [6.07, 6.45) is -2.83. The lowest BCUT2D eigenvalue weighted by Crippen LogP contribution is -2.48. The van der Waals surface area contributed by atoms with Gasteiger partial charge < -0.3 is 20.5 Å². The molecule has 1 aromatic carbocycles. The van der Waals surface area contributed by atoms with E-state index in [1.54, 1.807) is 11.8 Å². The first-order chi connectivity index (χ1) is 18.2. The average molecular weight is 589 g/mol. The summed E-state index contributed by atoms with van der Waals surface area (Å²) in [7, 11) is -1.71. The SMILES string of the molecule is CN/C(=C1/CCN(C(=O)c2cc(F)cc(N3CCS(=O)(=O)CC3)c2Cl)[C@@H](C)C1=N)c1cncc(C(F)(F)F)n1. The van der Waals surface area contributed by atoms with Crippen molar-refractivity contribution in [3.05, 3.63) is 57.9 Å². The number of carbonyl (C=O) groups is 1. The molecule has 210 valence electrons. The van der Waals surface area contributed by atoms with Gasteiger partial charge >= 0.3 is 6.18 Å². The molecular weight excluding hydrogens is 564 g/mol. The largest absolute Gasteiger partial charge is 0.434 e. The predicted octanol–water partition coefficient (Wildman–Crippen LogP) is 3.41. The Labute approximate surface area is 227 Å². The van der Waals surface area contributed by atoms with E-state index >= 15 is 0 Å². The highest BCUT2D eigenvalue weighted by Gasteiger charge is 2.36. The van der Waals surface area contributed by atoms with E-state index < -0.39 is 39.5 Å². The summed E-state index contributed by atoms with van der Waals surface area (Å²) in [6.45, 7) is 1.85. The first-order valence-corrected chi connectivity index (χ1v) is 14.1.